The molecule has 0 atom stereocenters. The molecule has 5 heteroatoms. The summed E-state index contributed by atoms with van der Waals surface area (Å²) in [5, 5.41) is 6.98. The van der Waals surface area contributed by atoms with Gasteiger partial charge >= 0.3 is 0 Å². The number of aromatic nitrogens is 4. The maximum absolute atomic E-state index is 12.7. The zero-order chi connectivity index (χ0) is 11.0. The van der Waals surface area contributed by atoms with Gasteiger partial charge < -0.3 is 0 Å². The molecule has 0 aromatic carbocycles. The number of fused-ring (bicyclic) bond motifs is 1. The second-order valence-electron chi connectivity index (χ2n) is 3.33. The van der Waals surface area contributed by atoms with Gasteiger partial charge in [-0.2, -0.15) is 5.10 Å². The molecule has 0 aliphatic carbocycles. The molecule has 0 spiro atoms. The summed E-state index contributed by atoms with van der Waals surface area (Å²) >= 11 is 0. The van der Waals surface area contributed by atoms with Gasteiger partial charge in [0.15, 0.2) is 0 Å². The van der Waals surface area contributed by atoms with Crippen LogP contribution in [0.4, 0.5) is 4.39 Å². The first-order valence-corrected chi connectivity index (χ1v) is 4.75. The highest BCUT2D eigenvalue weighted by Crippen LogP contribution is 2.22. The summed E-state index contributed by atoms with van der Waals surface area (Å²) in [6.45, 7) is 0. The van der Waals surface area contributed by atoms with Gasteiger partial charge in [-0.1, -0.05) is 0 Å². The summed E-state index contributed by atoms with van der Waals surface area (Å²) in [6.07, 6.45) is 2.85. The predicted molar refractivity (Wildman–Crippen MR) is 57.1 cm³/mol. The molecular formula is C11H7FN4. The summed E-state index contributed by atoms with van der Waals surface area (Å²) < 4.78 is 12.7. The lowest BCUT2D eigenvalue weighted by Gasteiger charge is -1.95. The van der Waals surface area contributed by atoms with Gasteiger partial charge in [0.25, 0.3) is 0 Å². The monoisotopic (exact) mass is 214 g/mol. The molecule has 0 unspecified atom stereocenters. The van der Waals surface area contributed by atoms with Crippen LogP contribution >= 0.6 is 0 Å². The number of halogens is 1. The van der Waals surface area contributed by atoms with Gasteiger partial charge in [0.1, 0.15) is 17.0 Å². The summed E-state index contributed by atoms with van der Waals surface area (Å²) in [4.78, 5) is 8.19. The average molecular weight is 214 g/mol. The highest BCUT2D eigenvalue weighted by Gasteiger charge is 2.09. The van der Waals surface area contributed by atoms with Crippen molar-refractivity contribution in [1.82, 2.24) is 20.2 Å². The number of H-pyrrole nitrogens is 1. The van der Waals surface area contributed by atoms with E-state index in [0.29, 0.717) is 11.4 Å². The van der Waals surface area contributed by atoms with E-state index in [9.17, 15) is 4.39 Å². The van der Waals surface area contributed by atoms with E-state index in [0.717, 1.165) is 11.0 Å². The van der Waals surface area contributed by atoms with Gasteiger partial charge in [-0.05, 0) is 24.3 Å². The Morgan fingerprint density at radius 1 is 1.12 bits per heavy atom. The Kier molecular flexibility index (Phi) is 1.89. The van der Waals surface area contributed by atoms with E-state index in [-0.39, 0.29) is 5.82 Å². The molecule has 3 heterocycles. The molecule has 0 radical (unpaired) electrons. The van der Waals surface area contributed by atoms with E-state index >= 15 is 0 Å². The van der Waals surface area contributed by atoms with E-state index in [2.05, 4.69) is 20.2 Å². The third-order valence-corrected chi connectivity index (χ3v) is 2.29. The van der Waals surface area contributed by atoms with E-state index < -0.39 is 0 Å². The number of hydrogen-bond acceptors (Lipinski definition) is 3. The molecule has 3 aromatic heterocycles. The van der Waals surface area contributed by atoms with Crippen molar-refractivity contribution in [3.8, 4) is 11.4 Å². The van der Waals surface area contributed by atoms with Gasteiger partial charge in [-0.15, -0.1) is 0 Å². The van der Waals surface area contributed by atoms with Crippen molar-refractivity contribution in [1.29, 1.82) is 0 Å². The van der Waals surface area contributed by atoms with Crippen molar-refractivity contribution in [3.63, 3.8) is 0 Å². The Bertz CT molecular complexity index is 630. The third kappa shape index (κ3) is 1.33. The van der Waals surface area contributed by atoms with Crippen LogP contribution < -0.4 is 0 Å². The summed E-state index contributed by atoms with van der Waals surface area (Å²) in [5.74, 6) is -0.364. The summed E-state index contributed by atoms with van der Waals surface area (Å²) in [7, 11) is 0. The van der Waals surface area contributed by atoms with Crippen molar-refractivity contribution in [2.45, 2.75) is 0 Å². The number of hydrogen-bond donors (Lipinski definition) is 1. The van der Waals surface area contributed by atoms with Crippen LogP contribution in [0.15, 0.2) is 36.7 Å². The minimum Gasteiger partial charge on any atom is -0.275 e. The minimum atomic E-state index is -0.364. The first-order valence-electron chi connectivity index (χ1n) is 4.75. The normalized spacial score (nSPS) is 10.8. The van der Waals surface area contributed by atoms with Gasteiger partial charge in [0.05, 0.1) is 17.4 Å². The number of nitrogens with zero attached hydrogens (tertiary/aromatic N) is 3. The molecule has 0 bridgehead atoms. The zero-order valence-electron chi connectivity index (χ0n) is 8.18. The fourth-order valence-corrected chi connectivity index (χ4v) is 1.55. The SMILES string of the molecule is Fc1ccc(-c2n[nH]c3cccnc23)nc1. The Hall–Kier alpha value is -2.30. The van der Waals surface area contributed by atoms with Crippen LogP contribution in [0.2, 0.25) is 0 Å². The van der Waals surface area contributed by atoms with Crippen molar-refractivity contribution < 1.29 is 4.39 Å². The van der Waals surface area contributed by atoms with E-state index in [1.165, 1.54) is 12.3 Å². The molecule has 3 aromatic rings. The van der Waals surface area contributed by atoms with Crippen molar-refractivity contribution in [2.75, 3.05) is 0 Å². The van der Waals surface area contributed by atoms with Gasteiger partial charge in [0.2, 0.25) is 0 Å². The topological polar surface area (TPSA) is 54.5 Å². The smallest absolute Gasteiger partial charge is 0.141 e. The fraction of sp³-hybridized carbons (Fsp3) is 0. The van der Waals surface area contributed by atoms with Crippen LogP contribution in [0.25, 0.3) is 22.4 Å². The number of nitrogens with one attached hydrogen (secondary N) is 1. The molecule has 0 aliphatic rings. The predicted octanol–water partition coefficient (Wildman–Crippen LogP) is 2.16. The Morgan fingerprint density at radius 2 is 2.06 bits per heavy atom. The number of rotatable bonds is 1. The molecule has 0 fully saturated rings. The van der Waals surface area contributed by atoms with Crippen LogP contribution in [-0.2, 0) is 0 Å². The first-order chi connectivity index (χ1) is 7.84. The molecule has 0 amide bonds. The highest BCUT2D eigenvalue weighted by atomic mass is 19.1. The maximum Gasteiger partial charge on any atom is 0.141 e. The fourth-order valence-electron chi connectivity index (χ4n) is 1.55. The minimum absolute atomic E-state index is 0.364. The summed E-state index contributed by atoms with van der Waals surface area (Å²) in [6, 6.07) is 6.64. The van der Waals surface area contributed by atoms with Crippen molar-refractivity contribution in [3.05, 3.63) is 42.5 Å². The third-order valence-electron chi connectivity index (χ3n) is 2.29. The second-order valence-corrected chi connectivity index (χ2v) is 3.33. The van der Waals surface area contributed by atoms with Crippen LogP contribution in [0, 0.1) is 5.82 Å². The van der Waals surface area contributed by atoms with E-state index in [1.807, 2.05) is 12.1 Å². The van der Waals surface area contributed by atoms with Crippen LogP contribution in [0.1, 0.15) is 0 Å². The van der Waals surface area contributed by atoms with Gasteiger partial charge in [-0.3, -0.25) is 15.1 Å². The lowest BCUT2D eigenvalue weighted by atomic mass is 10.2. The zero-order valence-corrected chi connectivity index (χ0v) is 8.18. The quantitative estimate of drug-likeness (QED) is 0.675. The molecular weight excluding hydrogens is 207 g/mol. The van der Waals surface area contributed by atoms with E-state index in [4.69, 9.17) is 0 Å². The number of pyridine rings is 2. The number of aromatic amines is 1. The molecule has 78 valence electrons. The van der Waals surface area contributed by atoms with Crippen molar-refractivity contribution in [2.24, 2.45) is 0 Å². The van der Waals surface area contributed by atoms with Crippen molar-refractivity contribution >= 4 is 11.0 Å². The molecule has 3 rings (SSSR count). The van der Waals surface area contributed by atoms with Gasteiger partial charge in [-0.25, -0.2) is 4.39 Å². The molecule has 0 saturated heterocycles. The summed E-state index contributed by atoms with van der Waals surface area (Å²) in [5.41, 5.74) is 2.81. The van der Waals surface area contributed by atoms with E-state index in [1.54, 1.807) is 12.3 Å². The van der Waals surface area contributed by atoms with Crippen LogP contribution in [0.3, 0.4) is 0 Å². The lowest BCUT2D eigenvalue weighted by Crippen LogP contribution is -1.86. The Balaban J connectivity index is 2.22. The Morgan fingerprint density at radius 3 is 2.88 bits per heavy atom. The second kappa shape index (κ2) is 3.37. The molecule has 0 saturated carbocycles. The average Bonchev–Trinajstić information content (AvgIpc) is 2.74. The molecule has 0 aliphatic heterocycles. The Labute approximate surface area is 90.2 Å². The lowest BCUT2D eigenvalue weighted by molar-refractivity contribution is 0.622. The largest absolute Gasteiger partial charge is 0.275 e. The molecule has 4 nitrogen and oxygen atoms in total. The first kappa shape index (κ1) is 8.96. The van der Waals surface area contributed by atoms with Crippen LogP contribution in [-0.4, -0.2) is 20.2 Å². The van der Waals surface area contributed by atoms with Gasteiger partial charge in [0, 0.05) is 6.20 Å². The molecule has 16 heavy (non-hydrogen) atoms. The van der Waals surface area contributed by atoms with Crippen LogP contribution in [0.5, 0.6) is 0 Å². The molecule has 1 N–H and O–H groups in total. The maximum atomic E-state index is 12.7. The highest BCUT2D eigenvalue weighted by molar-refractivity contribution is 5.87. The standard InChI is InChI=1S/C11H7FN4/c12-7-3-4-8(14-6-7)11-10-9(15-16-11)2-1-5-13-10/h1-6H,(H,15,16).